The van der Waals surface area contributed by atoms with Gasteiger partial charge < -0.3 is 4.43 Å². The summed E-state index contributed by atoms with van der Waals surface area (Å²) in [5, 5.41) is 0.298. The minimum atomic E-state index is -1.61. The Hall–Kier alpha value is -0.343. The van der Waals surface area contributed by atoms with Gasteiger partial charge in [-0.3, -0.25) is 0 Å². The van der Waals surface area contributed by atoms with Gasteiger partial charge in [0.2, 0.25) is 0 Å². The number of rotatable bonds is 3. The van der Waals surface area contributed by atoms with Gasteiger partial charge in [0.25, 0.3) is 0 Å². The summed E-state index contributed by atoms with van der Waals surface area (Å²) in [6.45, 7) is 15.4. The van der Waals surface area contributed by atoms with Crippen molar-refractivity contribution in [2.75, 3.05) is 0 Å². The zero-order chi connectivity index (χ0) is 12.4. The first-order valence-electron chi connectivity index (χ1n) is 6.27. The monoisotopic (exact) mass is 238 g/mol. The van der Waals surface area contributed by atoms with Crippen molar-refractivity contribution in [2.45, 2.75) is 64.3 Å². The van der Waals surface area contributed by atoms with Crippen LogP contribution >= 0.6 is 0 Å². The normalized spacial score (nSPS) is 22.8. The van der Waals surface area contributed by atoms with E-state index < -0.39 is 8.32 Å². The van der Waals surface area contributed by atoms with Crippen LogP contribution in [-0.4, -0.2) is 14.4 Å². The third-order valence-electron chi connectivity index (χ3n) is 3.87. The Morgan fingerprint density at radius 3 is 2.56 bits per heavy atom. The predicted octanol–water partition coefficient (Wildman–Crippen LogP) is 4.67. The van der Waals surface area contributed by atoms with Crippen molar-refractivity contribution in [3.05, 3.63) is 24.3 Å². The van der Waals surface area contributed by atoms with Crippen LogP contribution in [0.2, 0.25) is 18.1 Å². The van der Waals surface area contributed by atoms with Crippen molar-refractivity contribution in [1.29, 1.82) is 0 Å². The lowest BCUT2D eigenvalue weighted by atomic mass is 9.98. The van der Waals surface area contributed by atoms with E-state index in [1.807, 2.05) is 6.08 Å². The maximum Gasteiger partial charge on any atom is 0.192 e. The van der Waals surface area contributed by atoms with Gasteiger partial charge in [-0.2, -0.15) is 0 Å². The minimum Gasteiger partial charge on any atom is -0.411 e. The molecular weight excluding hydrogens is 212 g/mol. The Labute approximate surface area is 102 Å². The molecule has 2 heteroatoms. The van der Waals surface area contributed by atoms with Gasteiger partial charge >= 0.3 is 0 Å². The van der Waals surface area contributed by atoms with Crippen LogP contribution in [0, 0.1) is 0 Å². The molecule has 0 unspecified atom stereocenters. The summed E-state index contributed by atoms with van der Waals surface area (Å²) in [6, 6.07) is 0. The summed E-state index contributed by atoms with van der Waals surface area (Å²) in [5.74, 6) is 0. The van der Waals surface area contributed by atoms with Gasteiger partial charge in [0, 0.05) is 0 Å². The SMILES string of the molecule is C=CC1=C[C@@H](O[Si](C)(C)C(C)(C)C)CCC1. The molecule has 92 valence electrons. The molecule has 0 amide bonds. The highest BCUT2D eigenvalue weighted by molar-refractivity contribution is 6.74. The van der Waals surface area contributed by atoms with Crippen LogP contribution in [0.1, 0.15) is 40.0 Å². The second-order valence-electron chi connectivity index (χ2n) is 6.25. The Morgan fingerprint density at radius 2 is 2.06 bits per heavy atom. The van der Waals surface area contributed by atoms with Crippen LogP contribution < -0.4 is 0 Å². The molecular formula is C14H26OSi. The average molecular weight is 238 g/mol. The van der Waals surface area contributed by atoms with Gasteiger partial charge in [0.15, 0.2) is 8.32 Å². The molecule has 0 saturated carbocycles. The number of allylic oxidation sites excluding steroid dienone is 2. The van der Waals surface area contributed by atoms with E-state index in [9.17, 15) is 0 Å². The zero-order valence-corrected chi connectivity index (χ0v) is 12.5. The molecule has 0 saturated heterocycles. The predicted molar refractivity (Wildman–Crippen MR) is 74.2 cm³/mol. The Balaban J connectivity index is 2.71. The molecule has 0 spiro atoms. The Kier molecular flexibility index (Phi) is 4.19. The molecule has 1 nitrogen and oxygen atoms in total. The molecule has 16 heavy (non-hydrogen) atoms. The van der Waals surface area contributed by atoms with E-state index in [0.29, 0.717) is 11.1 Å². The second kappa shape index (κ2) is 4.88. The van der Waals surface area contributed by atoms with Crippen molar-refractivity contribution in [3.8, 4) is 0 Å². The fourth-order valence-corrected chi connectivity index (χ4v) is 3.03. The summed E-state index contributed by atoms with van der Waals surface area (Å²) in [6.07, 6.45) is 8.14. The van der Waals surface area contributed by atoms with E-state index in [1.54, 1.807) is 0 Å². The molecule has 0 N–H and O–H groups in total. The molecule has 0 radical (unpaired) electrons. The zero-order valence-electron chi connectivity index (χ0n) is 11.5. The molecule has 0 aliphatic heterocycles. The molecule has 1 atom stereocenters. The summed E-state index contributed by atoms with van der Waals surface area (Å²) in [4.78, 5) is 0. The highest BCUT2D eigenvalue weighted by Gasteiger charge is 2.38. The maximum atomic E-state index is 6.39. The first kappa shape index (κ1) is 13.7. The Morgan fingerprint density at radius 1 is 1.44 bits per heavy atom. The van der Waals surface area contributed by atoms with E-state index in [0.717, 1.165) is 0 Å². The molecule has 0 bridgehead atoms. The molecule has 0 heterocycles. The minimum absolute atomic E-state index is 0.298. The van der Waals surface area contributed by atoms with Crippen LogP contribution in [0.5, 0.6) is 0 Å². The number of hydrogen-bond acceptors (Lipinski definition) is 1. The highest BCUT2D eigenvalue weighted by Crippen LogP contribution is 2.38. The third kappa shape index (κ3) is 3.32. The van der Waals surface area contributed by atoms with Gasteiger partial charge in [-0.25, -0.2) is 0 Å². The van der Waals surface area contributed by atoms with Crippen molar-refractivity contribution >= 4 is 8.32 Å². The van der Waals surface area contributed by atoms with E-state index in [-0.39, 0.29) is 0 Å². The van der Waals surface area contributed by atoms with E-state index in [1.165, 1.54) is 24.8 Å². The summed E-state index contributed by atoms with van der Waals surface area (Å²) in [5.41, 5.74) is 1.36. The first-order chi connectivity index (χ1) is 7.26. The summed E-state index contributed by atoms with van der Waals surface area (Å²) >= 11 is 0. The number of hydrogen-bond donors (Lipinski definition) is 0. The van der Waals surface area contributed by atoms with Crippen LogP contribution in [-0.2, 0) is 4.43 Å². The van der Waals surface area contributed by atoms with Crippen molar-refractivity contribution in [1.82, 2.24) is 0 Å². The van der Waals surface area contributed by atoms with Gasteiger partial charge in [0.1, 0.15) is 0 Å². The van der Waals surface area contributed by atoms with Crippen LogP contribution in [0.25, 0.3) is 0 Å². The van der Waals surface area contributed by atoms with Gasteiger partial charge in [-0.15, -0.1) is 0 Å². The van der Waals surface area contributed by atoms with Crippen molar-refractivity contribution in [3.63, 3.8) is 0 Å². The quantitative estimate of drug-likeness (QED) is 0.649. The first-order valence-corrected chi connectivity index (χ1v) is 9.18. The lowest BCUT2D eigenvalue weighted by molar-refractivity contribution is 0.206. The van der Waals surface area contributed by atoms with Crippen molar-refractivity contribution < 1.29 is 4.43 Å². The Bertz CT molecular complexity index is 284. The van der Waals surface area contributed by atoms with Crippen LogP contribution in [0.4, 0.5) is 0 Å². The van der Waals surface area contributed by atoms with Gasteiger partial charge in [-0.05, 0) is 37.4 Å². The van der Waals surface area contributed by atoms with E-state index in [2.05, 4.69) is 46.5 Å². The van der Waals surface area contributed by atoms with Crippen molar-refractivity contribution in [2.24, 2.45) is 0 Å². The molecule has 0 aromatic rings. The highest BCUT2D eigenvalue weighted by atomic mass is 28.4. The van der Waals surface area contributed by atoms with Crippen LogP contribution in [0.3, 0.4) is 0 Å². The molecule has 1 aliphatic rings. The molecule has 0 aromatic heterocycles. The smallest absolute Gasteiger partial charge is 0.192 e. The van der Waals surface area contributed by atoms with Gasteiger partial charge in [-0.1, -0.05) is 45.1 Å². The largest absolute Gasteiger partial charge is 0.411 e. The van der Waals surface area contributed by atoms with Gasteiger partial charge in [0.05, 0.1) is 6.10 Å². The molecule has 0 aromatic carbocycles. The lowest BCUT2D eigenvalue weighted by Crippen LogP contribution is -2.43. The topological polar surface area (TPSA) is 9.23 Å². The van der Waals surface area contributed by atoms with E-state index in [4.69, 9.17) is 4.43 Å². The summed E-state index contributed by atoms with van der Waals surface area (Å²) < 4.78 is 6.39. The third-order valence-corrected chi connectivity index (χ3v) is 8.37. The second-order valence-corrected chi connectivity index (χ2v) is 11.0. The standard InChI is InChI=1S/C14H26OSi/c1-7-12-9-8-10-13(11-12)15-16(5,6)14(2,3)4/h7,11,13H,1,8-10H2,2-6H3/t13-/m0/s1. The lowest BCUT2D eigenvalue weighted by Gasteiger charge is -2.39. The molecule has 0 fully saturated rings. The molecule has 1 rings (SSSR count). The molecule has 1 aliphatic carbocycles. The maximum absolute atomic E-state index is 6.39. The van der Waals surface area contributed by atoms with Crippen LogP contribution in [0.15, 0.2) is 24.3 Å². The van der Waals surface area contributed by atoms with E-state index >= 15 is 0 Å². The average Bonchev–Trinajstić information content (AvgIpc) is 2.15. The fourth-order valence-electron chi connectivity index (χ4n) is 1.73. The summed E-state index contributed by atoms with van der Waals surface area (Å²) in [7, 11) is -1.61. The fraction of sp³-hybridized carbons (Fsp3) is 0.714.